The summed E-state index contributed by atoms with van der Waals surface area (Å²) in [5.41, 5.74) is 2.93. The van der Waals surface area contributed by atoms with Crippen LogP contribution in [0.1, 0.15) is 28.5 Å². The topological polar surface area (TPSA) is 81.7 Å². The monoisotopic (exact) mass is 233 g/mol. The Kier molecular flexibility index (Phi) is 3.81. The van der Waals surface area contributed by atoms with Gasteiger partial charge in [0, 0.05) is 11.1 Å². The van der Waals surface area contributed by atoms with Crippen LogP contribution in [0.2, 0.25) is 0 Å². The molecule has 0 saturated carbocycles. The van der Waals surface area contributed by atoms with Crippen LogP contribution in [0.25, 0.3) is 10.9 Å². The van der Waals surface area contributed by atoms with Gasteiger partial charge in [-0.1, -0.05) is 13.0 Å². The average Bonchev–Trinajstić information content (AvgIpc) is 2.27. The van der Waals surface area contributed by atoms with Crippen molar-refractivity contribution in [3.05, 3.63) is 41.1 Å². The van der Waals surface area contributed by atoms with E-state index in [4.69, 9.17) is 5.11 Å². The van der Waals surface area contributed by atoms with Gasteiger partial charge < -0.3 is 10.6 Å². The summed E-state index contributed by atoms with van der Waals surface area (Å²) >= 11 is 0. The summed E-state index contributed by atoms with van der Waals surface area (Å²) in [6.45, 7) is 3.85. The zero-order chi connectivity index (χ0) is 11.7. The summed E-state index contributed by atoms with van der Waals surface area (Å²) in [6.07, 6.45) is 0.892. The number of carbonyl (C=O) groups is 1. The zero-order valence-electron chi connectivity index (χ0n) is 9.82. The van der Waals surface area contributed by atoms with Crippen LogP contribution < -0.4 is 0 Å². The van der Waals surface area contributed by atoms with Gasteiger partial charge in [-0.2, -0.15) is 0 Å². The molecule has 4 heteroatoms. The van der Waals surface area contributed by atoms with E-state index in [2.05, 4.69) is 4.98 Å². The predicted molar refractivity (Wildman–Crippen MR) is 66.4 cm³/mol. The largest absolute Gasteiger partial charge is 0.478 e. The van der Waals surface area contributed by atoms with E-state index in [-0.39, 0.29) is 5.48 Å². The summed E-state index contributed by atoms with van der Waals surface area (Å²) in [6, 6.07) is 7.39. The quantitative estimate of drug-likeness (QED) is 0.860. The minimum absolute atomic E-state index is 0. The highest BCUT2D eigenvalue weighted by atomic mass is 16.4. The molecule has 0 aliphatic heterocycles. The molecule has 1 aromatic heterocycles. The van der Waals surface area contributed by atoms with Crippen LogP contribution in [0.15, 0.2) is 24.3 Å². The third-order valence-corrected chi connectivity index (χ3v) is 2.64. The van der Waals surface area contributed by atoms with E-state index in [9.17, 15) is 4.79 Å². The minimum Gasteiger partial charge on any atom is -0.478 e. The smallest absolute Gasteiger partial charge is 0.336 e. The van der Waals surface area contributed by atoms with E-state index in [1.807, 2.05) is 25.1 Å². The van der Waals surface area contributed by atoms with E-state index >= 15 is 0 Å². The molecule has 1 aromatic carbocycles. The van der Waals surface area contributed by atoms with Crippen molar-refractivity contribution in [1.82, 2.24) is 4.98 Å². The Labute approximate surface area is 99.2 Å². The van der Waals surface area contributed by atoms with Crippen LogP contribution in [0.3, 0.4) is 0 Å². The Morgan fingerprint density at radius 2 is 2.06 bits per heavy atom. The lowest BCUT2D eigenvalue weighted by molar-refractivity contribution is 0.0699. The second kappa shape index (κ2) is 4.93. The van der Waals surface area contributed by atoms with Crippen molar-refractivity contribution in [3.63, 3.8) is 0 Å². The summed E-state index contributed by atoms with van der Waals surface area (Å²) in [5, 5.41) is 9.86. The highest BCUT2D eigenvalue weighted by molar-refractivity contribution is 6.02. The van der Waals surface area contributed by atoms with Crippen molar-refractivity contribution in [2.24, 2.45) is 0 Å². The molecule has 0 aliphatic carbocycles. The lowest BCUT2D eigenvalue weighted by atomic mass is 10.0. The zero-order valence-corrected chi connectivity index (χ0v) is 9.82. The normalized spacial score (nSPS) is 10.0. The fourth-order valence-electron chi connectivity index (χ4n) is 1.80. The maximum atomic E-state index is 11.1. The predicted octanol–water partition coefficient (Wildman–Crippen LogP) is 1.98. The lowest BCUT2D eigenvalue weighted by Gasteiger charge is -2.05. The van der Waals surface area contributed by atoms with E-state index < -0.39 is 5.97 Å². The molecule has 0 spiro atoms. The van der Waals surface area contributed by atoms with E-state index in [0.29, 0.717) is 5.56 Å². The number of fused-ring (bicyclic) bond motifs is 1. The number of rotatable bonds is 2. The van der Waals surface area contributed by atoms with Gasteiger partial charge in [0.05, 0.1) is 11.1 Å². The number of carboxylic acids is 1. The first-order chi connectivity index (χ1) is 7.61. The van der Waals surface area contributed by atoms with Crippen LogP contribution in [-0.4, -0.2) is 21.5 Å². The summed E-state index contributed by atoms with van der Waals surface area (Å²) in [4.78, 5) is 15.5. The molecule has 4 nitrogen and oxygen atoms in total. The SMILES string of the molecule is CCc1ccc2nc(C)cc(C(=O)O)c2c1.O. The molecular formula is C13H15NO3. The van der Waals surface area contributed by atoms with Gasteiger partial charge in [0.25, 0.3) is 0 Å². The number of pyridine rings is 1. The van der Waals surface area contributed by atoms with Gasteiger partial charge in [0.2, 0.25) is 0 Å². The van der Waals surface area contributed by atoms with Crippen molar-refractivity contribution in [1.29, 1.82) is 0 Å². The summed E-state index contributed by atoms with van der Waals surface area (Å²) in [7, 11) is 0. The summed E-state index contributed by atoms with van der Waals surface area (Å²) in [5.74, 6) is -0.899. The number of aryl methyl sites for hydroxylation is 2. The molecule has 0 unspecified atom stereocenters. The first-order valence-electron chi connectivity index (χ1n) is 5.25. The second-order valence-electron chi connectivity index (χ2n) is 3.82. The van der Waals surface area contributed by atoms with Crippen molar-refractivity contribution in [3.8, 4) is 0 Å². The van der Waals surface area contributed by atoms with Gasteiger partial charge in [-0.25, -0.2) is 4.79 Å². The molecule has 0 radical (unpaired) electrons. The molecule has 2 aromatic rings. The third kappa shape index (κ3) is 2.42. The van der Waals surface area contributed by atoms with Gasteiger partial charge >= 0.3 is 5.97 Å². The Morgan fingerprint density at radius 3 is 2.65 bits per heavy atom. The van der Waals surface area contributed by atoms with Crippen LogP contribution in [-0.2, 0) is 6.42 Å². The molecule has 0 saturated heterocycles. The van der Waals surface area contributed by atoms with Gasteiger partial charge in [-0.05, 0) is 37.1 Å². The maximum absolute atomic E-state index is 11.1. The van der Waals surface area contributed by atoms with Crippen molar-refractivity contribution in [2.75, 3.05) is 0 Å². The van der Waals surface area contributed by atoms with Crippen molar-refractivity contribution < 1.29 is 15.4 Å². The number of hydrogen-bond donors (Lipinski definition) is 1. The molecule has 0 bridgehead atoms. The number of aromatic nitrogens is 1. The standard InChI is InChI=1S/C13H13NO2.H2O/c1-3-9-4-5-12-10(7-9)11(13(15)16)6-8(2)14-12;/h4-7H,3H2,1-2H3,(H,15,16);1H2. The lowest BCUT2D eigenvalue weighted by Crippen LogP contribution is -2.00. The fourth-order valence-corrected chi connectivity index (χ4v) is 1.80. The van der Waals surface area contributed by atoms with Gasteiger partial charge in [0.15, 0.2) is 0 Å². The van der Waals surface area contributed by atoms with Crippen LogP contribution in [0.4, 0.5) is 0 Å². The molecule has 0 aliphatic rings. The second-order valence-corrected chi connectivity index (χ2v) is 3.82. The highest BCUT2D eigenvalue weighted by Crippen LogP contribution is 2.20. The fraction of sp³-hybridized carbons (Fsp3) is 0.231. The Hall–Kier alpha value is -1.94. The number of hydrogen-bond acceptors (Lipinski definition) is 2. The molecule has 0 amide bonds. The Morgan fingerprint density at radius 1 is 1.35 bits per heavy atom. The Balaban J connectivity index is 0.00000144. The van der Waals surface area contributed by atoms with Gasteiger partial charge in [-0.15, -0.1) is 0 Å². The Bertz CT molecular complexity index is 564. The third-order valence-electron chi connectivity index (χ3n) is 2.64. The van der Waals surface area contributed by atoms with Crippen molar-refractivity contribution >= 4 is 16.9 Å². The molecular weight excluding hydrogens is 218 g/mol. The molecule has 90 valence electrons. The molecule has 0 fully saturated rings. The van der Waals surface area contributed by atoms with E-state index in [0.717, 1.165) is 28.6 Å². The van der Waals surface area contributed by atoms with Crippen LogP contribution >= 0.6 is 0 Å². The van der Waals surface area contributed by atoms with Gasteiger partial charge in [0.1, 0.15) is 0 Å². The van der Waals surface area contributed by atoms with Crippen LogP contribution in [0.5, 0.6) is 0 Å². The number of nitrogens with zero attached hydrogens (tertiary/aromatic N) is 1. The number of aromatic carboxylic acids is 1. The van der Waals surface area contributed by atoms with Crippen LogP contribution in [0, 0.1) is 6.92 Å². The molecule has 17 heavy (non-hydrogen) atoms. The number of benzene rings is 1. The van der Waals surface area contributed by atoms with E-state index in [1.165, 1.54) is 0 Å². The summed E-state index contributed by atoms with van der Waals surface area (Å²) < 4.78 is 0. The first kappa shape index (κ1) is 13.1. The first-order valence-corrected chi connectivity index (χ1v) is 5.25. The average molecular weight is 233 g/mol. The number of carboxylic acid groups (broad SMARTS) is 1. The highest BCUT2D eigenvalue weighted by Gasteiger charge is 2.10. The van der Waals surface area contributed by atoms with Gasteiger partial charge in [-0.3, -0.25) is 4.98 Å². The van der Waals surface area contributed by atoms with E-state index in [1.54, 1.807) is 13.0 Å². The minimum atomic E-state index is -0.899. The molecule has 3 N–H and O–H groups in total. The molecule has 0 atom stereocenters. The molecule has 1 heterocycles. The van der Waals surface area contributed by atoms with Crippen molar-refractivity contribution in [2.45, 2.75) is 20.3 Å². The molecule has 2 rings (SSSR count). The maximum Gasteiger partial charge on any atom is 0.336 e.